The topological polar surface area (TPSA) is 24.9 Å². The summed E-state index contributed by atoms with van der Waals surface area (Å²) in [7, 11) is 0. The van der Waals surface area contributed by atoms with Crippen molar-refractivity contribution >= 4 is 0 Å². The molecule has 2 rings (SSSR count). The van der Waals surface area contributed by atoms with E-state index in [0.717, 1.165) is 18.2 Å². The molecule has 0 aromatic carbocycles. The summed E-state index contributed by atoms with van der Waals surface area (Å²) >= 11 is 0. The maximum atomic E-state index is 4.52. The van der Waals surface area contributed by atoms with Crippen LogP contribution in [0.2, 0.25) is 0 Å². The van der Waals surface area contributed by atoms with Gasteiger partial charge in [0.05, 0.1) is 5.69 Å². The maximum Gasteiger partial charge on any atom is 0.0544 e. The van der Waals surface area contributed by atoms with Crippen molar-refractivity contribution < 1.29 is 0 Å². The standard InChI is InChI=1S/C14H22N2/c1-3-5-14(12-8-9-12)15-10-13-7-4-6-11(2)16-13/h4,6-7,12,14-15H,3,5,8-10H2,1-2H3. The fourth-order valence-corrected chi connectivity index (χ4v) is 2.25. The average molecular weight is 218 g/mol. The van der Waals surface area contributed by atoms with Crippen molar-refractivity contribution in [3.63, 3.8) is 0 Å². The van der Waals surface area contributed by atoms with E-state index in [4.69, 9.17) is 0 Å². The summed E-state index contributed by atoms with van der Waals surface area (Å²) in [4.78, 5) is 4.52. The smallest absolute Gasteiger partial charge is 0.0544 e. The Morgan fingerprint density at radius 3 is 2.88 bits per heavy atom. The molecular weight excluding hydrogens is 196 g/mol. The largest absolute Gasteiger partial charge is 0.308 e. The second-order valence-corrected chi connectivity index (χ2v) is 4.88. The van der Waals surface area contributed by atoms with E-state index in [0.29, 0.717) is 6.04 Å². The van der Waals surface area contributed by atoms with Gasteiger partial charge in [-0.2, -0.15) is 0 Å². The van der Waals surface area contributed by atoms with Crippen molar-refractivity contribution in [1.82, 2.24) is 10.3 Å². The third kappa shape index (κ3) is 3.31. The Balaban J connectivity index is 1.85. The lowest BCUT2D eigenvalue weighted by Gasteiger charge is -2.17. The Kier molecular flexibility index (Phi) is 3.94. The van der Waals surface area contributed by atoms with Crippen LogP contribution in [0.4, 0.5) is 0 Å². The molecule has 2 heteroatoms. The van der Waals surface area contributed by atoms with Crippen molar-refractivity contribution in [3.8, 4) is 0 Å². The lowest BCUT2D eigenvalue weighted by atomic mass is 10.1. The lowest BCUT2D eigenvalue weighted by molar-refractivity contribution is 0.427. The molecule has 0 spiro atoms. The minimum Gasteiger partial charge on any atom is -0.308 e. The zero-order valence-electron chi connectivity index (χ0n) is 10.4. The van der Waals surface area contributed by atoms with Crippen LogP contribution in [0.5, 0.6) is 0 Å². The van der Waals surface area contributed by atoms with Gasteiger partial charge in [0.1, 0.15) is 0 Å². The van der Waals surface area contributed by atoms with Gasteiger partial charge < -0.3 is 5.32 Å². The van der Waals surface area contributed by atoms with Crippen LogP contribution >= 0.6 is 0 Å². The van der Waals surface area contributed by atoms with E-state index in [1.807, 2.05) is 13.0 Å². The second-order valence-electron chi connectivity index (χ2n) is 4.88. The molecule has 88 valence electrons. The molecule has 0 amide bonds. The molecule has 0 saturated heterocycles. The Morgan fingerprint density at radius 2 is 2.25 bits per heavy atom. The normalized spacial score (nSPS) is 17.4. The number of nitrogens with one attached hydrogen (secondary N) is 1. The maximum absolute atomic E-state index is 4.52. The number of hydrogen-bond donors (Lipinski definition) is 1. The van der Waals surface area contributed by atoms with Crippen LogP contribution in [0.15, 0.2) is 18.2 Å². The van der Waals surface area contributed by atoms with Crippen molar-refractivity contribution in [3.05, 3.63) is 29.6 Å². The summed E-state index contributed by atoms with van der Waals surface area (Å²) in [6.45, 7) is 5.23. The summed E-state index contributed by atoms with van der Waals surface area (Å²) in [5.41, 5.74) is 2.28. The zero-order valence-corrected chi connectivity index (χ0v) is 10.4. The zero-order chi connectivity index (χ0) is 11.4. The Labute approximate surface area is 98.5 Å². The van der Waals surface area contributed by atoms with E-state index in [-0.39, 0.29) is 0 Å². The molecule has 16 heavy (non-hydrogen) atoms. The van der Waals surface area contributed by atoms with E-state index < -0.39 is 0 Å². The summed E-state index contributed by atoms with van der Waals surface area (Å²) in [5.74, 6) is 0.935. The van der Waals surface area contributed by atoms with Gasteiger partial charge in [0.2, 0.25) is 0 Å². The molecule has 2 nitrogen and oxygen atoms in total. The molecular formula is C14H22N2. The number of pyridine rings is 1. The summed E-state index contributed by atoms with van der Waals surface area (Å²) in [5, 5.41) is 3.66. The van der Waals surface area contributed by atoms with E-state index in [9.17, 15) is 0 Å². The highest BCUT2D eigenvalue weighted by molar-refractivity contribution is 5.09. The third-order valence-corrected chi connectivity index (χ3v) is 3.28. The van der Waals surface area contributed by atoms with Gasteiger partial charge in [-0.1, -0.05) is 19.4 Å². The highest BCUT2D eigenvalue weighted by Crippen LogP contribution is 2.34. The van der Waals surface area contributed by atoms with Crippen molar-refractivity contribution in [2.24, 2.45) is 5.92 Å². The number of aromatic nitrogens is 1. The van der Waals surface area contributed by atoms with Gasteiger partial charge >= 0.3 is 0 Å². The van der Waals surface area contributed by atoms with Crippen LogP contribution < -0.4 is 5.32 Å². The fourth-order valence-electron chi connectivity index (χ4n) is 2.25. The molecule has 1 atom stereocenters. The molecule has 1 aliphatic carbocycles. The van der Waals surface area contributed by atoms with Gasteiger partial charge in [0.15, 0.2) is 0 Å². The molecule has 1 saturated carbocycles. The van der Waals surface area contributed by atoms with Gasteiger partial charge in [-0.25, -0.2) is 0 Å². The van der Waals surface area contributed by atoms with Crippen LogP contribution in [0, 0.1) is 12.8 Å². The van der Waals surface area contributed by atoms with Gasteiger partial charge in [0, 0.05) is 18.3 Å². The number of nitrogens with zero attached hydrogens (tertiary/aromatic N) is 1. The van der Waals surface area contributed by atoms with Gasteiger partial charge in [0.25, 0.3) is 0 Å². The first-order chi connectivity index (χ1) is 7.79. The van der Waals surface area contributed by atoms with Crippen LogP contribution in [0.25, 0.3) is 0 Å². The third-order valence-electron chi connectivity index (χ3n) is 3.28. The number of aryl methyl sites for hydroxylation is 1. The summed E-state index contributed by atoms with van der Waals surface area (Å²) < 4.78 is 0. The average Bonchev–Trinajstić information content (AvgIpc) is 3.08. The Hall–Kier alpha value is -0.890. The van der Waals surface area contributed by atoms with Gasteiger partial charge in [-0.3, -0.25) is 4.98 Å². The van der Waals surface area contributed by atoms with E-state index in [1.54, 1.807) is 0 Å². The molecule has 1 aliphatic rings. The van der Waals surface area contributed by atoms with Crippen LogP contribution in [0.1, 0.15) is 44.0 Å². The number of rotatable bonds is 6. The molecule has 1 aromatic heterocycles. The highest BCUT2D eigenvalue weighted by Gasteiger charge is 2.29. The fraction of sp³-hybridized carbons (Fsp3) is 0.643. The first kappa shape index (κ1) is 11.6. The molecule has 0 aliphatic heterocycles. The molecule has 1 N–H and O–H groups in total. The van der Waals surface area contributed by atoms with E-state index in [2.05, 4.69) is 29.4 Å². The van der Waals surface area contributed by atoms with E-state index >= 15 is 0 Å². The first-order valence-corrected chi connectivity index (χ1v) is 6.45. The molecule has 1 aromatic rings. The second kappa shape index (κ2) is 5.44. The minimum absolute atomic E-state index is 0.715. The van der Waals surface area contributed by atoms with Crippen LogP contribution in [-0.4, -0.2) is 11.0 Å². The molecule has 0 bridgehead atoms. The molecule has 0 radical (unpaired) electrons. The first-order valence-electron chi connectivity index (χ1n) is 6.45. The molecule has 1 heterocycles. The molecule has 1 unspecified atom stereocenters. The van der Waals surface area contributed by atoms with Crippen molar-refractivity contribution in [2.45, 2.75) is 52.1 Å². The van der Waals surface area contributed by atoms with Gasteiger partial charge in [-0.05, 0) is 44.2 Å². The SMILES string of the molecule is CCCC(NCc1cccc(C)n1)C1CC1. The predicted octanol–water partition coefficient (Wildman–Crippen LogP) is 3.06. The Morgan fingerprint density at radius 1 is 1.44 bits per heavy atom. The Bertz CT molecular complexity index is 331. The van der Waals surface area contributed by atoms with Gasteiger partial charge in [-0.15, -0.1) is 0 Å². The lowest BCUT2D eigenvalue weighted by Crippen LogP contribution is -2.30. The van der Waals surface area contributed by atoms with E-state index in [1.165, 1.54) is 31.4 Å². The predicted molar refractivity (Wildman–Crippen MR) is 67.2 cm³/mol. The van der Waals surface area contributed by atoms with Crippen molar-refractivity contribution in [2.75, 3.05) is 0 Å². The highest BCUT2D eigenvalue weighted by atomic mass is 14.9. The number of hydrogen-bond acceptors (Lipinski definition) is 2. The van der Waals surface area contributed by atoms with Crippen molar-refractivity contribution in [1.29, 1.82) is 0 Å². The molecule has 1 fully saturated rings. The van der Waals surface area contributed by atoms with Crippen LogP contribution in [0.3, 0.4) is 0 Å². The van der Waals surface area contributed by atoms with Crippen LogP contribution in [-0.2, 0) is 6.54 Å². The summed E-state index contributed by atoms with van der Waals surface area (Å²) in [6, 6.07) is 6.96. The quantitative estimate of drug-likeness (QED) is 0.793. The summed E-state index contributed by atoms with van der Waals surface area (Å²) in [6.07, 6.45) is 5.41. The minimum atomic E-state index is 0.715. The monoisotopic (exact) mass is 218 g/mol.